The molecular formula is C17H16FN3. The minimum absolute atomic E-state index is 0.206. The van der Waals surface area contributed by atoms with E-state index in [0.29, 0.717) is 6.54 Å². The number of nitrogens with one attached hydrogen (secondary N) is 1. The molecule has 21 heavy (non-hydrogen) atoms. The van der Waals surface area contributed by atoms with Crippen LogP contribution in [-0.2, 0) is 13.1 Å². The molecule has 1 heterocycles. The van der Waals surface area contributed by atoms with Crippen molar-refractivity contribution in [1.82, 2.24) is 15.1 Å². The van der Waals surface area contributed by atoms with E-state index in [4.69, 9.17) is 0 Å². The highest BCUT2D eigenvalue weighted by atomic mass is 19.1. The van der Waals surface area contributed by atoms with Crippen LogP contribution in [0.2, 0.25) is 0 Å². The third-order valence-corrected chi connectivity index (χ3v) is 3.30. The van der Waals surface area contributed by atoms with Gasteiger partial charge in [-0.25, -0.2) is 9.07 Å². The zero-order chi connectivity index (χ0) is 14.5. The van der Waals surface area contributed by atoms with E-state index in [1.165, 1.54) is 17.7 Å². The maximum absolute atomic E-state index is 12.9. The summed E-state index contributed by atoms with van der Waals surface area (Å²) in [4.78, 5) is 0. The molecule has 3 rings (SSSR count). The maximum atomic E-state index is 12.9. The fraction of sp³-hybridized carbons (Fsp3) is 0.118. The SMILES string of the molecule is Fc1ccc(CNCc2ccccc2-n2cccn2)cc1. The second kappa shape index (κ2) is 6.33. The van der Waals surface area contributed by atoms with Crippen LogP contribution in [0.25, 0.3) is 5.69 Å². The predicted octanol–water partition coefficient (Wildman–Crippen LogP) is 3.30. The lowest BCUT2D eigenvalue weighted by molar-refractivity contribution is 0.624. The van der Waals surface area contributed by atoms with Crippen molar-refractivity contribution in [3.63, 3.8) is 0 Å². The van der Waals surface area contributed by atoms with Crippen molar-refractivity contribution in [2.45, 2.75) is 13.1 Å². The fourth-order valence-corrected chi connectivity index (χ4v) is 2.24. The van der Waals surface area contributed by atoms with E-state index in [-0.39, 0.29) is 5.82 Å². The van der Waals surface area contributed by atoms with Crippen LogP contribution >= 0.6 is 0 Å². The number of benzene rings is 2. The summed E-state index contributed by atoms with van der Waals surface area (Å²) < 4.78 is 14.7. The first kappa shape index (κ1) is 13.5. The van der Waals surface area contributed by atoms with E-state index < -0.39 is 0 Å². The molecule has 0 spiro atoms. The van der Waals surface area contributed by atoms with Crippen molar-refractivity contribution >= 4 is 0 Å². The molecule has 2 aromatic carbocycles. The summed E-state index contributed by atoms with van der Waals surface area (Å²) in [7, 11) is 0. The van der Waals surface area contributed by atoms with Gasteiger partial charge in [-0.3, -0.25) is 0 Å². The molecule has 0 atom stereocenters. The Labute approximate surface area is 123 Å². The summed E-state index contributed by atoms with van der Waals surface area (Å²) in [6.07, 6.45) is 3.70. The minimum atomic E-state index is -0.206. The maximum Gasteiger partial charge on any atom is 0.123 e. The molecular weight excluding hydrogens is 265 g/mol. The first-order valence-corrected chi connectivity index (χ1v) is 6.86. The van der Waals surface area contributed by atoms with E-state index in [1.54, 1.807) is 18.3 Å². The highest BCUT2D eigenvalue weighted by molar-refractivity contribution is 5.40. The number of hydrogen-bond donors (Lipinski definition) is 1. The second-order valence-electron chi connectivity index (χ2n) is 4.81. The molecule has 0 aliphatic heterocycles. The zero-order valence-electron chi connectivity index (χ0n) is 11.5. The monoisotopic (exact) mass is 281 g/mol. The summed E-state index contributed by atoms with van der Waals surface area (Å²) in [6, 6.07) is 16.6. The Kier molecular flexibility index (Phi) is 4.07. The van der Waals surface area contributed by atoms with Crippen molar-refractivity contribution in [2.24, 2.45) is 0 Å². The quantitative estimate of drug-likeness (QED) is 0.777. The van der Waals surface area contributed by atoms with Gasteiger partial charge in [0.25, 0.3) is 0 Å². The summed E-state index contributed by atoms with van der Waals surface area (Å²) >= 11 is 0. The van der Waals surface area contributed by atoms with Crippen LogP contribution in [0.15, 0.2) is 67.0 Å². The van der Waals surface area contributed by atoms with Gasteiger partial charge in [0.05, 0.1) is 5.69 Å². The van der Waals surface area contributed by atoms with Crippen LogP contribution in [0.5, 0.6) is 0 Å². The molecule has 106 valence electrons. The Morgan fingerprint density at radius 1 is 0.952 bits per heavy atom. The van der Waals surface area contributed by atoms with Gasteiger partial charge in [0, 0.05) is 25.5 Å². The molecule has 1 aromatic heterocycles. The second-order valence-corrected chi connectivity index (χ2v) is 4.81. The van der Waals surface area contributed by atoms with Gasteiger partial charge in [0.2, 0.25) is 0 Å². The van der Waals surface area contributed by atoms with E-state index >= 15 is 0 Å². The lowest BCUT2D eigenvalue weighted by Crippen LogP contribution is -2.14. The van der Waals surface area contributed by atoms with Crippen molar-refractivity contribution in [2.75, 3.05) is 0 Å². The molecule has 3 aromatic rings. The van der Waals surface area contributed by atoms with Crippen LogP contribution in [0.3, 0.4) is 0 Å². The van der Waals surface area contributed by atoms with Gasteiger partial charge in [-0.05, 0) is 35.4 Å². The van der Waals surface area contributed by atoms with Gasteiger partial charge >= 0.3 is 0 Å². The number of hydrogen-bond acceptors (Lipinski definition) is 2. The van der Waals surface area contributed by atoms with Gasteiger partial charge in [-0.1, -0.05) is 30.3 Å². The molecule has 1 N–H and O–H groups in total. The molecule has 0 bridgehead atoms. The van der Waals surface area contributed by atoms with Crippen molar-refractivity contribution < 1.29 is 4.39 Å². The van der Waals surface area contributed by atoms with Crippen LogP contribution in [0.4, 0.5) is 4.39 Å². The van der Waals surface area contributed by atoms with E-state index in [9.17, 15) is 4.39 Å². The lowest BCUT2D eigenvalue weighted by atomic mass is 10.1. The van der Waals surface area contributed by atoms with Crippen molar-refractivity contribution in [3.05, 3.63) is 83.9 Å². The van der Waals surface area contributed by atoms with Gasteiger partial charge in [0.1, 0.15) is 5.82 Å². The molecule has 0 aliphatic rings. The number of halogens is 1. The molecule has 4 heteroatoms. The normalized spacial score (nSPS) is 10.7. The third-order valence-electron chi connectivity index (χ3n) is 3.30. The van der Waals surface area contributed by atoms with Gasteiger partial charge in [-0.15, -0.1) is 0 Å². The Hall–Kier alpha value is -2.46. The fourth-order valence-electron chi connectivity index (χ4n) is 2.24. The molecule has 0 amide bonds. The molecule has 0 unspecified atom stereocenters. The number of nitrogens with zero attached hydrogens (tertiary/aromatic N) is 2. The first-order valence-electron chi connectivity index (χ1n) is 6.86. The molecule has 0 saturated carbocycles. The smallest absolute Gasteiger partial charge is 0.123 e. The summed E-state index contributed by atoms with van der Waals surface area (Å²) in [5, 5.41) is 7.65. The molecule has 0 saturated heterocycles. The topological polar surface area (TPSA) is 29.9 Å². The molecule has 0 aliphatic carbocycles. The first-order chi connectivity index (χ1) is 10.3. The Bertz CT molecular complexity index is 690. The Balaban J connectivity index is 1.67. The standard InChI is InChI=1S/C17H16FN3/c18-16-8-6-14(7-9-16)12-19-13-15-4-1-2-5-17(15)21-11-3-10-20-21/h1-11,19H,12-13H2. The summed E-state index contributed by atoms with van der Waals surface area (Å²) in [5.74, 6) is -0.206. The number of rotatable bonds is 5. The van der Waals surface area contributed by atoms with Crippen LogP contribution in [-0.4, -0.2) is 9.78 Å². The Morgan fingerprint density at radius 3 is 2.52 bits per heavy atom. The van der Waals surface area contributed by atoms with Crippen molar-refractivity contribution in [1.29, 1.82) is 0 Å². The summed E-state index contributed by atoms with van der Waals surface area (Å²) in [5.41, 5.74) is 3.30. The van der Waals surface area contributed by atoms with Crippen molar-refractivity contribution in [3.8, 4) is 5.69 Å². The molecule has 0 radical (unpaired) electrons. The van der Waals surface area contributed by atoms with Crippen LogP contribution in [0, 0.1) is 5.82 Å². The van der Waals surface area contributed by atoms with Gasteiger partial charge < -0.3 is 5.32 Å². The van der Waals surface area contributed by atoms with Gasteiger partial charge in [0.15, 0.2) is 0 Å². The average Bonchev–Trinajstić information content (AvgIpc) is 3.04. The highest BCUT2D eigenvalue weighted by Crippen LogP contribution is 2.13. The van der Waals surface area contributed by atoms with E-state index in [0.717, 1.165) is 17.8 Å². The molecule has 3 nitrogen and oxygen atoms in total. The van der Waals surface area contributed by atoms with Crippen LogP contribution < -0.4 is 5.32 Å². The Morgan fingerprint density at radius 2 is 1.76 bits per heavy atom. The van der Waals surface area contributed by atoms with E-state index in [1.807, 2.05) is 35.1 Å². The number of aromatic nitrogens is 2. The van der Waals surface area contributed by atoms with Crippen LogP contribution in [0.1, 0.15) is 11.1 Å². The third kappa shape index (κ3) is 3.35. The zero-order valence-corrected chi connectivity index (χ0v) is 11.5. The molecule has 0 fully saturated rings. The highest BCUT2D eigenvalue weighted by Gasteiger charge is 2.03. The largest absolute Gasteiger partial charge is 0.309 e. The minimum Gasteiger partial charge on any atom is -0.309 e. The number of para-hydroxylation sites is 1. The van der Waals surface area contributed by atoms with E-state index in [2.05, 4.69) is 16.5 Å². The lowest BCUT2D eigenvalue weighted by Gasteiger charge is -2.10. The van der Waals surface area contributed by atoms with Gasteiger partial charge in [-0.2, -0.15) is 5.10 Å². The predicted molar refractivity (Wildman–Crippen MR) is 80.5 cm³/mol. The summed E-state index contributed by atoms with van der Waals surface area (Å²) in [6.45, 7) is 1.43. The average molecular weight is 281 g/mol.